The van der Waals surface area contributed by atoms with E-state index >= 15 is 0 Å². The van der Waals surface area contributed by atoms with E-state index in [1.807, 2.05) is 30.3 Å². The van der Waals surface area contributed by atoms with Crippen LogP contribution in [-0.4, -0.2) is 30.7 Å². The van der Waals surface area contributed by atoms with Gasteiger partial charge in [0.2, 0.25) is 5.88 Å². The Labute approximate surface area is 156 Å². The van der Waals surface area contributed by atoms with Crippen molar-refractivity contribution >= 4 is 0 Å². The van der Waals surface area contributed by atoms with Crippen LogP contribution >= 0.6 is 0 Å². The van der Waals surface area contributed by atoms with Crippen molar-refractivity contribution in [3.63, 3.8) is 0 Å². The van der Waals surface area contributed by atoms with E-state index in [0.29, 0.717) is 17.4 Å². The third-order valence-electron chi connectivity index (χ3n) is 3.89. The summed E-state index contributed by atoms with van der Waals surface area (Å²) in [5.74, 6) is -1.73. The number of halogens is 2. The lowest BCUT2D eigenvalue weighted by atomic mass is 10.1. The fourth-order valence-corrected chi connectivity index (χ4v) is 2.63. The third kappa shape index (κ3) is 4.20. The molecule has 2 heterocycles. The number of benzene rings is 1. The number of hydrogen-bond donors (Lipinski definition) is 1. The van der Waals surface area contributed by atoms with Gasteiger partial charge in [0.15, 0.2) is 0 Å². The number of pyridine rings is 2. The quantitative estimate of drug-likeness (QED) is 0.673. The van der Waals surface area contributed by atoms with Gasteiger partial charge in [0.1, 0.15) is 17.2 Å². The van der Waals surface area contributed by atoms with Gasteiger partial charge in [-0.25, -0.2) is 4.98 Å². The number of aromatic nitrogens is 2. The molecule has 0 saturated heterocycles. The van der Waals surface area contributed by atoms with Crippen molar-refractivity contribution < 1.29 is 18.3 Å². The summed E-state index contributed by atoms with van der Waals surface area (Å²) in [4.78, 5) is 8.10. The summed E-state index contributed by atoms with van der Waals surface area (Å²) in [6.07, 6.45) is 2.86. The molecule has 0 saturated carbocycles. The van der Waals surface area contributed by atoms with Crippen LogP contribution in [0.1, 0.15) is 5.69 Å². The molecule has 0 atom stereocenters. The summed E-state index contributed by atoms with van der Waals surface area (Å²) < 4.78 is 39.0. The second kappa shape index (κ2) is 8.09. The average Bonchev–Trinajstić information content (AvgIpc) is 2.69. The van der Waals surface area contributed by atoms with Gasteiger partial charge in [0.25, 0.3) is 0 Å². The second-order valence-corrected chi connectivity index (χ2v) is 5.77. The topological polar surface area (TPSA) is 56.3 Å². The molecule has 3 aromatic rings. The number of nitrogens with zero attached hydrogens (tertiary/aromatic N) is 2. The highest BCUT2D eigenvalue weighted by atomic mass is 19.3. The Morgan fingerprint density at radius 3 is 2.48 bits per heavy atom. The standard InChI is InChI=1S/C20H19F2N3O2/c1-23-13-20(21,22)18-10-9-14(12-25-18)27-19-16(7-5-11-24-19)15-6-3-4-8-17(15)26-2/h3-12,23H,13H2,1-2H3. The summed E-state index contributed by atoms with van der Waals surface area (Å²) >= 11 is 0. The number of rotatable bonds is 7. The van der Waals surface area contributed by atoms with E-state index in [-0.39, 0.29) is 5.69 Å². The smallest absolute Gasteiger partial charge is 0.301 e. The van der Waals surface area contributed by atoms with Crippen molar-refractivity contribution in [2.45, 2.75) is 5.92 Å². The van der Waals surface area contributed by atoms with Crippen LogP contribution in [0.25, 0.3) is 11.1 Å². The molecule has 0 fully saturated rings. The first-order chi connectivity index (χ1) is 13.0. The molecule has 5 nitrogen and oxygen atoms in total. The first kappa shape index (κ1) is 18.7. The van der Waals surface area contributed by atoms with E-state index in [1.165, 1.54) is 25.4 Å². The SMILES string of the molecule is CNCC(F)(F)c1ccc(Oc2ncccc2-c2ccccc2OC)cn1. The first-order valence-electron chi connectivity index (χ1n) is 8.30. The monoisotopic (exact) mass is 371 g/mol. The molecular formula is C20H19F2N3O2. The van der Waals surface area contributed by atoms with Gasteiger partial charge in [-0.05, 0) is 37.4 Å². The van der Waals surface area contributed by atoms with Crippen LogP contribution < -0.4 is 14.8 Å². The van der Waals surface area contributed by atoms with Crippen molar-refractivity contribution in [1.29, 1.82) is 0 Å². The number of methoxy groups -OCH3 is 1. The summed E-state index contributed by atoms with van der Waals surface area (Å²) in [6, 6.07) is 13.8. The largest absolute Gasteiger partial charge is 0.496 e. The zero-order valence-corrected chi connectivity index (χ0v) is 14.9. The van der Waals surface area contributed by atoms with Crippen LogP contribution in [0.2, 0.25) is 0 Å². The third-order valence-corrected chi connectivity index (χ3v) is 3.89. The molecule has 140 valence electrons. The molecule has 0 aliphatic heterocycles. The Morgan fingerprint density at radius 1 is 1.00 bits per heavy atom. The molecule has 1 N–H and O–H groups in total. The van der Waals surface area contributed by atoms with Crippen molar-refractivity contribution in [1.82, 2.24) is 15.3 Å². The number of hydrogen-bond acceptors (Lipinski definition) is 5. The zero-order valence-electron chi connectivity index (χ0n) is 14.9. The van der Waals surface area contributed by atoms with Gasteiger partial charge in [-0.2, -0.15) is 8.78 Å². The molecule has 3 rings (SSSR count). The molecular weight excluding hydrogens is 352 g/mol. The van der Waals surface area contributed by atoms with E-state index < -0.39 is 12.5 Å². The molecule has 7 heteroatoms. The number of para-hydroxylation sites is 1. The second-order valence-electron chi connectivity index (χ2n) is 5.77. The molecule has 0 amide bonds. The number of nitrogens with one attached hydrogen (secondary N) is 1. The first-order valence-corrected chi connectivity index (χ1v) is 8.30. The maximum atomic E-state index is 13.9. The minimum atomic E-state index is -3.05. The Bertz CT molecular complexity index is 902. The van der Waals surface area contributed by atoms with Gasteiger partial charge in [-0.15, -0.1) is 0 Å². The lowest BCUT2D eigenvalue weighted by Gasteiger charge is -2.16. The van der Waals surface area contributed by atoms with E-state index in [4.69, 9.17) is 9.47 Å². The van der Waals surface area contributed by atoms with Crippen LogP contribution in [0, 0.1) is 0 Å². The summed E-state index contributed by atoms with van der Waals surface area (Å²) in [5, 5.41) is 2.45. The van der Waals surface area contributed by atoms with Gasteiger partial charge in [-0.1, -0.05) is 18.2 Å². The van der Waals surface area contributed by atoms with Crippen LogP contribution in [0.5, 0.6) is 17.4 Å². The van der Waals surface area contributed by atoms with E-state index in [1.54, 1.807) is 19.4 Å². The predicted octanol–water partition coefficient (Wildman–Crippen LogP) is 4.26. The number of ether oxygens (including phenoxy) is 2. The molecule has 0 aliphatic carbocycles. The highest BCUT2D eigenvalue weighted by molar-refractivity contribution is 5.74. The molecule has 0 aliphatic rings. The van der Waals surface area contributed by atoms with Crippen LogP contribution in [-0.2, 0) is 5.92 Å². The Kier molecular flexibility index (Phi) is 5.61. The lowest BCUT2D eigenvalue weighted by molar-refractivity contribution is -0.00577. The van der Waals surface area contributed by atoms with Gasteiger partial charge in [0.05, 0.1) is 19.9 Å². The van der Waals surface area contributed by atoms with Crippen LogP contribution in [0.3, 0.4) is 0 Å². The van der Waals surface area contributed by atoms with E-state index in [2.05, 4.69) is 15.3 Å². The maximum Gasteiger partial charge on any atom is 0.301 e. The average molecular weight is 371 g/mol. The van der Waals surface area contributed by atoms with Gasteiger partial charge in [0, 0.05) is 17.3 Å². The minimum absolute atomic E-state index is 0.314. The van der Waals surface area contributed by atoms with Crippen LogP contribution in [0.4, 0.5) is 8.78 Å². The number of alkyl halides is 2. The fraction of sp³-hybridized carbons (Fsp3) is 0.200. The predicted molar refractivity (Wildman–Crippen MR) is 98.4 cm³/mol. The molecule has 0 spiro atoms. The molecule has 1 aromatic carbocycles. The highest BCUT2D eigenvalue weighted by Gasteiger charge is 2.32. The van der Waals surface area contributed by atoms with E-state index in [9.17, 15) is 8.78 Å². The van der Waals surface area contributed by atoms with E-state index in [0.717, 1.165) is 11.1 Å². The summed E-state index contributed by atoms with van der Waals surface area (Å²) in [6.45, 7) is -0.488. The summed E-state index contributed by atoms with van der Waals surface area (Å²) in [7, 11) is 3.05. The van der Waals surface area contributed by atoms with Gasteiger partial charge >= 0.3 is 5.92 Å². The molecule has 2 aromatic heterocycles. The van der Waals surface area contributed by atoms with Gasteiger partial charge in [-0.3, -0.25) is 4.98 Å². The molecule has 0 bridgehead atoms. The van der Waals surface area contributed by atoms with Crippen molar-refractivity contribution in [2.75, 3.05) is 20.7 Å². The Balaban J connectivity index is 1.89. The normalized spacial score (nSPS) is 11.3. The summed E-state index contributed by atoms with van der Waals surface area (Å²) in [5.41, 5.74) is 1.21. The Morgan fingerprint density at radius 2 is 1.78 bits per heavy atom. The van der Waals surface area contributed by atoms with Crippen molar-refractivity contribution in [3.8, 4) is 28.5 Å². The molecule has 0 unspecified atom stereocenters. The van der Waals surface area contributed by atoms with Gasteiger partial charge < -0.3 is 14.8 Å². The minimum Gasteiger partial charge on any atom is -0.496 e. The Hall–Kier alpha value is -3.06. The lowest BCUT2D eigenvalue weighted by Crippen LogP contribution is -2.28. The number of likely N-dealkylation sites (N-methyl/N-ethyl adjacent to an activating group) is 1. The van der Waals surface area contributed by atoms with Crippen molar-refractivity contribution in [2.24, 2.45) is 0 Å². The van der Waals surface area contributed by atoms with Crippen molar-refractivity contribution in [3.05, 3.63) is 66.6 Å². The molecule has 27 heavy (non-hydrogen) atoms. The zero-order chi connectivity index (χ0) is 19.3. The fourth-order valence-electron chi connectivity index (χ4n) is 2.63. The molecule has 0 radical (unpaired) electrons. The highest BCUT2D eigenvalue weighted by Crippen LogP contribution is 2.36. The van der Waals surface area contributed by atoms with Crippen LogP contribution in [0.15, 0.2) is 60.9 Å². The maximum absolute atomic E-state index is 13.9.